The number of ether oxygens (including phenoxy) is 4. The largest absolute Gasteiger partial charge is 0.383 e. The van der Waals surface area contributed by atoms with Crippen molar-refractivity contribution in [3.8, 4) is 0 Å². The molecule has 0 aromatic heterocycles. The minimum atomic E-state index is -0.340. The number of hydrogen-bond acceptors (Lipinski definition) is 8. The summed E-state index contributed by atoms with van der Waals surface area (Å²) in [6.07, 6.45) is 0.264. The minimum absolute atomic E-state index is 0.0250. The van der Waals surface area contributed by atoms with Gasteiger partial charge in [0.2, 0.25) is 0 Å². The normalized spacial score (nSPS) is 27.3. The van der Waals surface area contributed by atoms with Gasteiger partial charge in [0.1, 0.15) is 36.6 Å². The molecule has 3 heterocycles. The van der Waals surface area contributed by atoms with E-state index in [1.807, 2.05) is 54.6 Å². The second-order valence-electron chi connectivity index (χ2n) is 10.1. The fourth-order valence-electron chi connectivity index (χ4n) is 5.30. The molecule has 1 saturated heterocycles. The first-order valence-corrected chi connectivity index (χ1v) is 14.5. The molecule has 206 valence electrons. The quantitative estimate of drug-likeness (QED) is 0.362. The lowest BCUT2D eigenvalue weighted by Crippen LogP contribution is -2.45. The molecule has 3 aliphatic rings. The Hall–Kier alpha value is -3.27. The molecule has 0 aliphatic carbocycles. The van der Waals surface area contributed by atoms with Crippen LogP contribution in [0.3, 0.4) is 0 Å². The van der Waals surface area contributed by atoms with Gasteiger partial charge in [0.25, 0.3) is 0 Å². The Morgan fingerprint density at radius 3 is 1.95 bits per heavy atom. The summed E-state index contributed by atoms with van der Waals surface area (Å²) in [5.74, 6) is 0.509. The summed E-state index contributed by atoms with van der Waals surface area (Å²) in [7, 11) is 0. The number of nitrogens with two attached hydrogens (primary N) is 1. The molecule has 3 aromatic rings. The Bertz CT molecular complexity index is 1340. The first kappa shape index (κ1) is 26.9. The molecule has 40 heavy (non-hydrogen) atoms. The maximum Gasteiger partial charge on any atom is 0.131 e. The standard InChI is InChI=1S/C32H33N3O4S/c33-32-25-20-40-31(27(25)34-21-35-32)30-29(38-18-24-14-8-3-9-15-24)28(37-17-23-12-6-2-7-13-23)26(39-30)19-36-16-22-10-4-1-5-11-22/h1-15,20-21,26-31H,16-19H2,(H2,33,34,35)/t26-,27?,28-,29-,30-,31?/m1/s1. The Kier molecular flexibility index (Phi) is 8.71. The van der Waals surface area contributed by atoms with E-state index >= 15 is 0 Å². The van der Waals surface area contributed by atoms with Crippen LogP contribution in [0.2, 0.25) is 0 Å². The molecule has 7 nitrogen and oxygen atoms in total. The van der Waals surface area contributed by atoms with Gasteiger partial charge < -0.3 is 24.7 Å². The third kappa shape index (κ3) is 6.22. The average Bonchev–Trinajstić information content (AvgIpc) is 3.58. The molecule has 3 aromatic carbocycles. The summed E-state index contributed by atoms with van der Waals surface area (Å²) >= 11 is 1.68. The zero-order chi connectivity index (χ0) is 27.1. The molecule has 1 fully saturated rings. The lowest BCUT2D eigenvalue weighted by molar-refractivity contribution is -0.0898. The Morgan fingerprint density at radius 2 is 1.32 bits per heavy atom. The van der Waals surface area contributed by atoms with E-state index in [-0.39, 0.29) is 35.7 Å². The number of hydrogen-bond donors (Lipinski definition) is 1. The molecular weight excluding hydrogens is 522 g/mol. The average molecular weight is 556 g/mol. The summed E-state index contributed by atoms with van der Waals surface area (Å²) in [6.45, 7) is 1.77. The van der Waals surface area contributed by atoms with Crippen molar-refractivity contribution in [1.29, 1.82) is 0 Å². The van der Waals surface area contributed by atoms with Crippen molar-refractivity contribution in [2.45, 2.75) is 55.5 Å². The van der Waals surface area contributed by atoms with Crippen LogP contribution in [0.25, 0.3) is 0 Å². The molecule has 0 bridgehead atoms. The van der Waals surface area contributed by atoms with Crippen molar-refractivity contribution in [2.24, 2.45) is 15.7 Å². The highest BCUT2D eigenvalue weighted by molar-refractivity contribution is 8.03. The van der Waals surface area contributed by atoms with Crippen LogP contribution in [0.15, 0.2) is 112 Å². The first-order chi connectivity index (χ1) is 19.8. The van der Waals surface area contributed by atoms with Crippen LogP contribution in [0.5, 0.6) is 0 Å². The Morgan fingerprint density at radius 1 is 0.750 bits per heavy atom. The van der Waals surface area contributed by atoms with Gasteiger partial charge in [0.05, 0.1) is 37.7 Å². The second-order valence-corrected chi connectivity index (χ2v) is 11.1. The summed E-state index contributed by atoms with van der Waals surface area (Å²) in [6, 6.07) is 30.4. The van der Waals surface area contributed by atoms with Crippen LogP contribution in [0.4, 0.5) is 0 Å². The molecule has 0 saturated carbocycles. The topological polar surface area (TPSA) is 87.7 Å². The number of amidine groups is 1. The zero-order valence-corrected chi connectivity index (χ0v) is 22.9. The van der Waals surface area contributed by atoms with Crippen LogP contribution >= 0.6 is 11.8 Å². The molecule has 3 aliphatic heterocycles. The van der Waals surface area contributed by atoms with Crippen molar-refractivity contribution in [2.75, 3.05) is 6.61 Å². The van der Waals surface area contributed by atoms with Gasteiger partial charge in [-0.25, -0.2) is 4.99 Å². The number of nitrogens with zero attached hydrogens (tertiary/aromatic N) is 2. The van der Waals surface area contributed by atoms with Crippen LogP contribution in [0, 0.1) is 0 Å². The van der Waals surface area contributed by atoms with Crippen molar-refractivity contribution in [3.63, 3.8) is 0 Å². The predicted molar refractivity (Wildman–Crippen MR) is 158 cm³/mol. The van der Waals surface area contributed by atoms with Gasteiger partial charge in [0, 0.05) is 5.57 Å². The first-order valence-electron chi connectivity index (χ1n) is 13.6. The predicted octanol–water partition coefficient (Wildman–Crippen LogP) is 4.91. The second kappa shape index (κ2) is 12.9. The Balaban J connectivity index is 1.24. The van der Waals surface area contributed by atoms with Crippen LogP contribution in [-0.4, -0.2) is 54.5 Å². The smallest absolute Gasteiger partial charge is 0.131 e. The summed E-state index contributed by atoms with van der Waals surface area (Å²) < 4.78 is 26.2. The molecule has 0 amide bonds. The lowest BCUT2D eigenvalue weighted by atomic mass is 9.96. The fourth-order valence-corrected chi connectivity index (χ4v) is 6.60. The van der Waals surface area contributed by atoms with E-state index in [4.69, 9.17) is 24.7 Å². The van der Waals surface area contributed by atoms with Crippen molar-refractivity contribution >= 4 is 23.9 Å². The van der Waals surface area contributed by atoms with Gasteiger partial charge in [0.15, 0.2) is 0 Å². The number of rotatable bonds is 11. The Labute approximate surface area is 239 Å². The molecule has 2 unspecified atom stereocenters. The third-order valence-electron chi connectivity index (χ3n) is 7.34. The van der Waals surface area contributed by atoms with Gasteiger partial charge in [-0.1, -0.05) is 91.0 Å². The third-order valence-corrected chi connectivity index (χ3v) is 8.57. The summed E-state index contributed by atoms with van der Waals surface area (Å²) in [4.78, 5) is 8.87. The summed E-state index contributed by atoms with van der Waals surface area (Å²) in [5, 5.41) is 2.03. The maximum atomic E-state index is 6.79. The van der Waals surface area contributed by atoms with Crippen molar-refractivity contribution in [1.82, 2.24) is 0 Å². The van der Waals surface area contributed by atoms with Gasteiger partial charge in [-0.05, 0) is 22.1 Å². The highest BCUT2D eigenvalue weighted by atomic mass is 32.2. The number of aliphatic imine (C=N–C) groups is 2. The SMILES string of the molecule is NC1=NC=NC2C1=CSC2[C@@H]1O[C@H](COCc2ccccc2)[C@@H](OCc2ccccc2)[C@H]1OCc1ccccc1. The van der Waals surface area contributed by atoms with Crippen LogP contribution in [0.1, 0.15) is 16.7 Å². The van der Waals surface area contributed by atoms with Gasteiger partial charge in [-0.2, -0.15) is 0 Å². The summed E-state index contributed by atoms with van der Waals surface area (Å²) in [5.41, 5.74) is 10.4. The van der Waals surface area contributed by atoms with Gasteiger partial charge in [-0.3, -0.25) is 4.99 Å². The molecular formula is C32H33N3O4S. The number of benzene rings is 3. The van der Waals surface area contributed by atoms with E-state index in [0.29, 0.717) is 32.3 Å². The highest BCUT2D eigenvalue weighted by Crippen LogP contribution is 2.43. The highest BCUT2D eigenvalue weighted by Gasteiger charge is 2.53. The van der Waals surface area contributed by atoms with E-state index in [0.717, 1.165) is 22.3 Å². The monoisotopic (exact) mass is 555 g/mol. The molecule has 6 rings (SSSR count). The van der Waals surface area contributed by atoms with E-state index in [1.54, 1.807) is 18.1 Å². The van der Waals surface area contributed by atoms with E-state index in [9.17, 15) is 0 Å². The number of fused-ring (bicyclic) bond motifs is 1. The lowest BCUT2D eigenvalue weighted by Gasteiger charge is -2.30. The molecule has 2 N–H and O–H groups in total. The fraction of sp³-hybridized carbons (Fsp3) is 0.312. The van der Waals surface area contributed by atoms with Gasteiger partial charge >= 0.3 is 0 Å². The molecule has 6 atom stereocenters. The molecule has 8 heteroatoms. The van der Waals surface area contributed by atoms with Crippen molar-refractivity contribution in [3.05, 3.63) is 119 Å². The van der Waals surface area contributed by atoms with E-state index in [2.05, 4.69) is 51.8 Å². The van der Waals surface area contributed by atoms with Crippen LogP contribution in [-0.2, 0) is 38.8 Å². The van der Waals surface area contributed by atoms with Gasteiger partial charge in [-0.15, -0.1) is 11.8 Å². The van der Waals surface area contributed by atoms with E-state index in [1.165, 1.54) is 0 Å². The van der Waals surface area contributed by atoms with E-state index < -0.39 is 0 Å². The molecule has 0 radical (unpaired) electrons. The maximum absolute atomic E-state index is 6.79. The zero-order valence-electron chi connectivity index (χ0n) is 22.1. The van der Waals surface area contributed by atoms with Crippen LogP contribution < -0.4 is 5.73 Å². The minimum Gasteiger partial charge on any atom is -0.383 e. The number of thioether (sulfide) groups is 1. The van der Waals surface area contributed by atoms with Crippen molar-refractivity contribution < 1.29 is 18.9 Å². The molecule has 0 spiro atoms.